The summed E-state index contributed by atoms with van der Waals surface area (Å²) in [6.45, 7) is 6.71. The minimum atomic E-state index is -1.15. The number of nitrogens with one attached hydrogen (secondary N) is 2. The van der Waals surface area contributed by atoms with Gasteiger partial charge in [-0.15, -0.1) is 0 Å². The minimum Gasteiger partial charge on any atom is -0.480 e. The van der Waals surface area contributed by atoms with Crippen molar-refractivity contribution < 1.29 is 19.5 Å². The lowest BCUT2D eigenvalue weighted by atomic mass is 10.1. The van der Waals surface area contributed by atoms with Crippen molar-refractivity contribution in [1.29, 1.82) is 0 Å². The summed E-state index contributed by atoms with van der Waals surface area (Å²) in [4.78, 5) is 36.9. The summed E-state index contributed by atoms with van der Waals surface area (Å²) in [5, 5.41) is 14.7. The SMILES string of the molecule is C=C(C)NCCCC(NC(=O)/C(C=O)=C/C=C\N(C)Cc1cccc(Br)c1)C(=O)O. The Balaban J connectivity index is 2.64. The smallest absolute Gasteiger partial charge is 0.326 e. The first kappa shape index (κ1) is 25.2. The van der Waals surface area contributed by atoms with Crippen LogP contribution < -0.4 is 10.6 Å². The van der Waals surface area contributed by atoms with Crippen LogP contribution in [0.15, 0.2) is 64.9 Å². The summed E-state index contributed by atoms with van der Waals surface area (Å²) in [5.74, 6) is -1.86. The van der Waals surface area contributed by atoms with Crippen LogP contribution in [0.1, 0.15) is 25.3 Å². The third-order valence-electron chi connectivity index (χ3n) is 4.03. The Morgan fingerprint density at radius 2 is 2.10 bits per heavy atom. The minimum absolute atomic E-state index is 0.145. The molecule has 30 heavy (non-hydrogen) atoms. The van der Waals surface area contributed by atoms with Gasteiger partial charge in [0.15, 0.2) is 6.29 Å². The summed E-state index contributed by atoms with van der Waals surface area (Å²) in [5.41, 5.74) is 1.74. The molecule has 0 aliphatic heterocycles. The molecular formula is C22H28BrN3O4. The number of allylic oxidation sites excluding steroid dienone is 3. The van der Waals surface area contributed by atoms with E-state index in [2.05, 4.69) is 33.1 Å². The molecule has 162 valence electrons. The zero-order valence-electron chi connectivity index (χ0n) is 17.2. The fourth-order valence-electron chi connectivity index (χ4n) is 2.55. The number of carbonyl (C=O) groups is 3. The number of aliphatic carboxylic acids is 1. The van der Waals surface area contributed by atoms with Crippen molar-refractivity contribution in [2.24, 2.45) is 0 Å². The largest absolute Gasteiger partial charge is 0.480 e. The number of hydrogen-bond acceptors (Lipinski definition) is 5. The van der Waals surface area contributed by atoms with Gasteiger partial charge in [-0.1, -0.05) is 34.6 Å². The zero-order chi connectivity index (χ0) is 22.5. The zero-order valence-corrected chi connectivity index (χ0v) is 18.8. The van der Waals surface area contributed by atoms with E-state index >= 15 is 0 Å². The second kappa shape index (κ2) is 13.4. The van der Waals surface area contributed by atoms with Crippen molar-refractivity contribution in [2.75, 3.05) is 13.6 Å². The predicted octanol–water partition coefficient (Wildman–Crippen LogP) is 2.99. The Hall–Kier alpha value is -2.87. The number of aldehydes is 1. The van der Waals surface area contributed by atoms with E-state index in [1.165, 1.54) is 6.08 Å². The number of hydrogen-bond donors (Lipinski definition) is 3. The molecule has 8 heteroatoms. The predicted molar refractivity (Wildman–Crippen MR) is 121 cm³/mol. The van der Waals surface area contributed by atoms with Crippen LogP contribution in [-0.2, 0) is 20.9 Å². The molecule has 0 heterocycles. The van der Waals surface area contributed by atoms with Gasteiger partial charge >= 0.3 is 5.97 Å². The summed E-state index contributed by atoms with van der Waals surface area (Å²) >= 11 is 3.43. The topological polar surface area (TPSA) is 98.7 Å². The molecule has 0 bridgehead atoms. The number of carboxylic acid groups (broad SMARTS) is 1. The van der Waals surface area contributed by atoms with Crippen LogP contribution in [-0.4, -0.2) is 47.8 Å². The van der Waals surface area contributed by atoms with E-state index in [4.69, 9.17) is 0 Å². The van der Waals surface area contributed by atoms with E-state index in [0.717, 1.165) is 15.7 Å². The molecule has 0 saturated carbocycles. The standard InChI is InChI=1S/C22H28BrN3O4/c1-16(2)24-11-5-10-20(22(29)30)25-21(28)18(15-27)8-6-12-26(3)14-17-7-4-9-19(23)13-17/h4,6-9,12-13,15,20,24H,1,5,10-11,14H2,2-3H3,(H,25,28)(H,29,30)/b12-6-,18-8+. The van der Waals surface area contributed by atoms with E-state index in [0.29, 0.717) is 25.8 Å². The Morgan fingerprint density at radius 3 is 2.70 bits per heavy atom. The number of amides is 1. The lowest BCUT2D eigenvalue weighted by molar-refractivity contribution is -0.141. The maximum absolute atomic E-state index is 12.3. The molecule has 0 saturated heterocycles. The monoisotopic (exact) mass is 477 g/mol. The van der Waals surface area contributed by atoms with Gasteiger partial charge in [0.05, 0.1) is 5.57 Å². The highest BCUT2D eigenvalue weighted by Gasteiger charge is 2.21. The van der Waals surface area contributed by atoms with Crippen LogP contribution in [0.5, 0.6) is 0 Å². The van der Waals surface area contributed by atoms with Crippen LogP contribution in [0.4, 0.5) is 0 Å². The second-order valence-electron chi connectivity index (χ2n) is 6.84. The Morgan fingerprint density at radius 1 is 1.37 bits per heavy atom. The van der Waals surface area contributed by atoms with Crippen molar-refractivity contribution >= 4 is 34.1 Å². The molecule has 0 radical (unpaired) electrons. The number of benzene rings is 1. The van der Waals surface area contributed by atoms with Gasteiger partial charge in [0, 0.05) is 30.3 Å². The number of carbonyl (C=O) groups excluding carboxylic acids is 2. The summed E-state index contributed by atoms with van der Waals surface area (Å²) < 4.78 is 0.987. The molecule has 0 aliphatic rings. The molecule has 1 atom stereocenters. The summed E-state index contributed by atoms with van der Waals surface area (Å²) in [7, 11) is 1.87. The van der Waals surface area contributed by atoms with Gasteiger partial charge in [0.2, 0.25) is 0 Å². The van der Waals surface area contributed by atoms with E-state index < -0.39 is 17.9 Å². The quantitative estimate of drug-likeness (QED) is 0.101. The first-order valence-corrected chi connectivity index (χ1v) is 10.2. The lowest BCUT2D eigenvalue weighted by Gasteiger charge is -2.15. The van der Waals surface area contributed by atoms with Gasteiger partial charge in [-0.05, 0) is 55.8 Å². The molecule has 1 aromatic carbocycles. The van der Waals surface area contributed by atoms with E-state index in [9.17, 15) is 19.5 Å². The van der Waals surface area contributed by atoms with E-state index in [1.807, 2.05) is 36.2 Å². The average molecular weight is 478 g/mol. The van der Waals surface area contributed by atoms with Crippen LogP contribution in [0.3, 0.4) is 0 Å². The first-order valence-electron chi connectivity index (χ1n) is 9.44. The number of rotatable bonds is 13. The molecular weight excluding hydrogens is 450 g/mol. The number of halogens is 1. The Bertz CT molecular complexity index is 820. The molecule has 0 spiro atoms. The average Bonchev–Trinajstić information content (AvgIpc) is 2.67. The van der Waals surface area contributed by atoms with Crippen molar-refractivity contribution in [3.05, 3.63) is 70.5 Å². The Kier molecular flexibility index (Phi) is 11.2. The fourth-order valence-corrected chi connectivity index (χ4v) is 2.99. The van der Waals surface area contributed by atoms with Crippen molar-refractivity contribution in [1.82, 2.24) is 15.5 Å². The first-order chi connectivity index (χ1) is 14.2. The lowest BCUT2D eigenvalue weighted by Crippen LogP contribution is -2.42. The molecule has 3 N–H and O–H groups in total. The third-order valence-corrected chi connectivity index (χ3v) is 4.52. The van der Waals surface area contributed by atoms with E-state index in [-0.39, 0.29) is 12.0 Å². The molecule has 1 rings (SSSR count). The fraction of sp³-hybridized carbons (Fsp3) is 0.318. The highest BCUT2D eigenvalue weighted by atomic mass is 79.9. The summed E-state index contributed by atoms with van der Waals surface area (Å²) in [6.07, 6.45) is 5.85. The van der Waals surface area contributed by atoms with Crippen LogP contribution in [0.25, 0.3) is 0 Å². The molecule has 1 unspecified atom stereocenters. The molecule has 1 amide bonds. The number of carboxylic acids is 1. The van der Waals surface area contributed by atoms with E-state index in [1.54, 1.807) is 19.2 Å². The highest BCUT2D eigenvalue weighted by Crippen LogP contribution is 2.13. The van der Waals surface area contributed by atoms with Crippen LogP contribution in [0, 0.1) is 0 Å². The second-order valence-corrected chi connectivity index (χ2v) is 7.76. The third kappa shape index (κ3) is 10.1. The van der Waals surface area contributed by atoms with Crippen molar-refractivity contribution in [2.45, 2.75) is 32.4 Å². The molecule has 0 aromatic heterocycles. The van der Waals surface area contributed by atoms with Gasteiger partial charge in [0.1, 0.15) is 6.04 Å². The van der Waals surface area contributed by atoms with Gasteiger partial charge in [-0.2, -0.15) is 0 Å². The van der Waals surface area contributed by atoms with Crippen molar-refractivity contribution in [3.8, 4) is 0 Å². The van der Waals surface area contributed by atoms with Crippen LogP contribution >= 0.6 is 15.9 Å². The molecule has 1 aromatic rings. The highest BCUT2D eigenvalue weighted by molar-refractivity contribution is 9.10. The van der Waals surface area contributed by atoms with Crippen LogP contribution in [0.2, 0.25) is 0 Å². The number of nitrogens with zero attached hydrogens (tertiary/aromatic N) is 1. The van der Waals surface area contributed by atoms with Gasteiger partial charge in [0.25, 0.3) is 5.91 Å². The van der Waals surface area contributed by atoms with Gasteiger partial charge in [-0.3, -0.25) is 9.59 Å². The van der Waals surface area contributed by atoms with Gasteiger partial charge < -0.3 is 20.6 Å². The summed E-state index contributed by atoms with van der Waals surface area (Å²) in [6, 6.07) is 6.81. The maximum atomic E-state index is 12.3. The molecule has 0 aliphatic carbocycles. The van der Waals surface area contributed by atoms with Crippen molar-refractivity contribution in [3.63, 3.8) is 0 Å². The van der Waals surface area contributed by atoms with Gasteiger partial charge in [-0.25, -0.2) is 4.79 Å². The molecule has 0 fully saturated rings. The Labute approximate surface area is 185 Å². The maximum Gasteiger partial charge on any atom is 0.326 e. The normalized spacial score (nSPS) is 12.3. The molecule has 7 nitrogen and oxygen atoms in total.